The molecular weight excluding hydrogens is 370 g/mol. The van der Waals surface area contributed by atoms with E-state index in [0.717, 1.165) is 7.05 Å². The largest absolute Gasteiger partial charge is 0.454 e. The van der Waals surface area contributed by atoms with Crippen molar-refractivity contribution in [3.05, 3.63) is 59.1 Å². The van der Waals surface area contributed by atoms with Crippen LogP contribution in [0.5, 0.6) is 11.5 Å². The maximum absolute atomic E-state index is 13.9. The molecule has 7 nitrogen and oxygen atoms in total. The lowest BCUT2D eigenvalue weighted by Gasteiger charge is -2.46. The van der Waals surface area contributed by atoms with Crippen molar-refractivity contribution >= 4 is 22.7 Å². The van der Waals surface area contributed by atoms with Crippen LogP contribution in [-0.4, -0.2) is 52.9 Å². The summed E-state index contributed by atoms with van der Waals surface area (Å²) in [5.74, 6) is -4.41. The summed E-state index contributed by atoms with van der Waals surface area (Å²) in [5, 5.41) is -0.486. The summed E-state index contributed by atoms with van der Waals surface area (Å²) >= 11 is 0. The molecule has 2 atom stereocenters. The number of H-pyrrole nitrogens is 1. The van der Waals surface area contributed by atoms with E-state index < -0.39 is 125 Å². The van der Waals surface area contributed by atoms with Crippen LogP contribution < -0.4 is 9.47 Å². The molecule has 0 spiro atoms. The first-order valence-corrected chi connectivity index (χ1v) is 8.40. The van der Waals surface area contributed by atoms with E-state index in [1.807, 2.05) is 0 Å². The molecule has 1 aromatic heterocycles. The summed E-state index contributed by atoms with van der Waals surface area (Å²) in [5.41, 5.74) is -2.78. The lowest BCUT2D eigenvalue weighted by molar-refractivity contribution is -0.157. The van der Waals surface area contributed by atoms with E-state index in [-0.39, 0.29) is 4.90 Å². The minimum absolute atomic E-state index is 0.200. The number of aromatic nitrogens is 1. The van der Waals surface area contributed by atoms with Gasteiger partial charge < -0.3 is 24.3 Å². The molecule has 2 aromatic carbocycles. The van der Waals surface area contributed by atoms with Crippen LogP contribution in [0.15, 0.2) is 42.3 Å². The predicted molar refractivity (Wildman–Crippen MR) is 105 cm³/mol. The molecule has 0 radical (unpaired) electrons. The minimum Gasteiger partial charge on any atom is -0.454 e. The number of carbonyl (C=O) groups is 2. The number of nitrogens with zero attached hydrogens (tertiary/aromatic N) is 2. The van der Waals surface area contributed by atoms with Crippen LogP contribution in [0.25, 0.3) is 10.9 Å². The number of likely N-dealkylation sites (N-methyl/N-ethyl adjacent to an activating group) is 1. The zero-order valence-corrected chi connectivity index (χ0v) is 14.6. The van der Waals surface area contributed by atoms with E-state index in [9.17, 15) is 11.0 Å². The standard InChI is InChI=1S/C22H19N3O4/c1-24-10-19(26)25-16(22(24)27)9-14-13-4-2-3-5-15(13)23-20(14)21(25)12-6-7-17-18(8-12)29-11-28-17/h2-8,16,21,23H,9-11H2,1H3/t16-,21-/m1/s1/i2D,3D,4D,5D,6D,7D,8D,9D2,10D2,11D2,21D. The van der Waals surface area contributed by atoms with Gasteiger partial charge in [-0.25, -0.2) is 0 Å². The number of hydrogen-bond acceptors (Lipinski definition) is 4. The van der Waals surface area contributed by atoms with Crippen LogP contribution in [0.4, 0.5) is 0 Å². The van der Waals surface area contributed by atoms with E-state index in [4.69, 9.17) is 27.3 Å². The molecule has 0 aliphatic carbocycles. The van der Waals surface area contributed by atoms with Crippen molar-refractivity contribution in [2.24, 2.45) is 0 Å². The number of amides is 2. The summed E-state index contributed by atoms with van der Waals surface area (Å²) in [6, 6.07) is -11.4. The van der Waals surface area contributed by atoms with Crippen molar-refractivity contribution in [2.45, 2.75) is 18.4 Å². The van der Waals surface area contributed by atoms with E-state index in [1.54, 1.807) is 0 Å². The molecule has 6 rings (SSSR count). The number of rotatable bonds is 1. The maximum Gasteiger partial charge on any atom is 0.245 e. The highest BCUT2D eigenvalue weighted by Crippen LogP contribution is 2.44. The van der Waals surface area contributed by atoms with Gasteiger partial charge in [-0.15, -0.1) is 0 Å². The number of hydrogen-bond donors (Lipinski definition) is 1. The Hall–Kier alpha value is -3.48. The molecule has 4 heterocycles. The molecule has 1 saturated heterocycles. The summed E-state index contributed by atoms with van der Waals surface area (Å²) in [6.45, 7) is -6.08. The van der Waals surface area contributed by atoms with Gasteiger partial charge in [0, 0.05) is 32.8 Å². The van der Waals surface area contributed by atoms with Gasteiger partial charge in [0.25, 0.3) is 0 Å². The number of ether oxygens (including phenoxy) is 2. The average molecular weight is 403 g/mol. The zero-order chi connectivity index (χ0) is 32.1. The second-order valence-electron chi connectivity index (χ2n) is 6.40. The zero-order valence-electron chi connectivity index (χ0n) is 28.6. The van der Waals surface area contributed by atoms with Crippen molar-refractivity contribution in [3.63, 3.8) is 0 Å². The highest BCUT2D eigenvalue weighted by Gasteiger charge is 2.47. The first kappa shape index (κ1) is 7.74. The Labute approximate surface area is 186 Å². The second kappa shape index (κ2) is 5.76. The quantitative estimate of drug-likeness (QED) is 0.676. The van der Waals surface area contributed by atoms with Crippen molar-refractivity contribution in [1.82, 2.24) is 14.8 Å². The lowest BCUT2D eigenvalue weighted by Crippen LogP contribution is -2.62. The number of benzene rings is 2. The molecule has 29 heavy (non-hydrogen) atoms. The van der Waals surface area contributed by atoms with Gasteiger partial charge in [0.2, 0.25) is 18.6 Å². The third-order valence-corrected chi connectivity index (χ3v) is 4.77. The molecule has 3 aliphatic heterocycles. The summed E-state index contributed by atoms with van der Waals surface area (Å²) in [7, 11) is 0.895. The van der Waals surface area contributed by atoms with Crippen LogP contribution in [-0.2, 0) is 16.0 Å². The van der Waals surface area contributed by atoms with Crippen molar-refractivity contribution < 1.29 is 38.3 Å². The summed E-state index contributed by atoms with van der Waals surface area (Å²) in [6.07, 6.45) is -3.05. The molecule has 146 valence electrons. The highest BCUT2D eigenvalue weighted by molar-refractivity contribution is 5.97. The molecule has 7 heteroatoms. The Morgan fingerprint density at radius 2 is 2.03 bits per heavy atom. The Balaban J connectivity index is 1.84. The Morgan fingerprint density at radius 3 is 2.93 bits per heavy atom. The summed E-state index contributed by atoms with van der Waals surface area (Å²) < 4.78 is 129. The predicted octanol–water partition coefficient (Wildman–Crippen LogP) is 2.21. The van der Waals surface area contributed by atoms with E-state index in [0.29, 0.717) is 4.90 Å². The van der Waals surface area contributed by atoms with E-state index >= 15 is 0 Å². The smallest absolute Gasteiger partial charge is 0.245 e. The fourth-order valence-electron chi connectivity index (χ4n) is 3.50. The fourth-order valence-corrected chi connectivity index (χ4v) is 3.50. The van der Waals surface area contributed by atoms with Gasteiger partial charge >= 0.3 is 0 Å². The van der Waals surface area contributed by atoms with Gasteiger partial charge in [-0.2, -0.15) is 0 Å². The number of fused-ring (bicyclic) bond motifs is 5. The van der Waals surface area contributed by atoms with Gasteiger partial charge in [0.05, 0.1) is 26.2 Å². The molecule has 3 aliphatic rings. The molecule has 3 aromatic rings. The number of para-hydroxylation sites is 1. The van der Waals surface area contributed by atoms with Crippen LogP contribution in [0.1, 0.15) is 42.0 Å². The molecule has 2 amide bonds. The van der Waals surface area contributed by atoms with Gasteiger partial charge in [-0.3, -0.25) is 9.59 Å². The Kier molecular flexibility index (Phi) is 1.54. The van der Waals surface area contributed by atoms with E-state index in [2.05, 4.69) is 4.98 Å². The minimum atomic E-state index is -3.18. The number of nitrogens with one attached hydrogen (secondary N) is 1. The first-order valence-electron chi connectivity index (χ1n) is 15.4. The molecule has 0 saturated carbocycles. The third-order valence-electron chi connectivity index (χ3n) is 4.77. The van der Waals surface area contributed by atoms with Crippen molar-refractivity contribution in [3.8, 4) is 11.5 Å². The number of aromatic amines is 1. The topological polar surface area (TPSA) is 74.9 Å². The average Bonchev–Trinajstić information content (AvgIpc) is 3.49. The first-order chi connectivity index (χ1) is 19.6. The van der Waals surface area contributed by atoms with Crippen LogP contribution in [0.2, 0.25) is 0 Å². The molecule has 1 N–H and O–H groups in total. The van der Waals surface area contributed by atoms with Gasteiger partial charge in [-0.1, -0.05) is 24.2 Å². The Bertz CT molecular complexity index is 1840. The Morgan fingerprint density at radius 1 is 1.21 bits per heavy atom. The van der Waals surface area contributed by atoms with E-state index in [1.165, 1.54) is 0 Å². The van der Waals surface area contributed by atoms with Crippen LogP contribution in [0.3, 0.4) is 0 Å². The molecular formula is C22H19N3O4. The summed E-state index contributed by atoms with van der Waals surface area (Å²) in [4.78, 5) is 30.6. The van der Waals surface area contributed by atoms with Crippen LogP contribution in [0, 0.1) is 0 Å². The fraction of sp³-hybridized carbons (Fsp3) is 0.273. The molecule has 0 bridgehead atoms. The van der Waals surface area contributed by atoms with Gasteiger partial charge in [0.1, 0.15) is 8.78 Å². The highest BCUT2D eigenvalue weighted by atomic mass is 16.7. The SMILES string of the molecule is [2H]c1c([2H])c([C@]2([2H])c3[nH]c4c([2H])c([2H])c([2H])c([2H])c4c3C([2H])([2H])[C@@H]3C(=O)N(C)C([2H])([2H])C(=O)N32)c([2H])c2c1OC([2H])([2H])O2. The second-order valence-corrected chi connectivity index (χ2v) is 6.40. The third kappa shape index (κ3) is 2.24. The monoisotopic (exact) mass is 403 g/mol. The normalized spacial score (nSPS) is 37.5. The van der Waals surface area contributed by atoms with Crippen molar-refractivity contribution in [1.29, 1.82) is 0 Å². The maximum atomic E-state index is 13.9. The van der Waals surface area contributed by atoms with Gasteiger partial charge in [-0.05, 0) is 29.3 Å². The molecule has 1 fully saturated rings. The van der Waals surface area contributed by atoms with Gasteiger partial charge in [0.15, 0.2) is 11.5 Å². The lowest BCUT2D eigenvalue weighted by atomic mass is 9.86. The van der Waals surface area contributed by atoms with Crippen LogP contribution >= 0.6 is 0 Å². The number of carbonyl (C=O) groups excluding carboxylic acids is 2. The van der Waals surface area contributed by atoms with Crippen molar-refractivity contribution in [2.75, 3.05) is 20.3 Å². The number of piperazine rings is 1. The molecule has 0 unspecified atom stereocenters.